The molecule has 0 fully saturated rings. The van der Waals surface area contributed by atoms with Crippen molar-refractivity contribution in [2.75, 3.05) is 6.61 Å². The van der Waals surface area contributed by atoms with Crippen molar-refractivity contribution in [2.45, 2.75) is 53.9 Å². The Kier molecular flexibility index (Phi) is 20.3. The molecule has 32 heavy (non-hydrogen) atoms. The van der Waals surface area contributed by atoms with Crippen molar-refractivity contribution in [1.29, 1.82) is 0 Å². The summed E-state index contributed by atoms with van der Waals surface area (Å²) in [5.74, 6) is 0. The van der Waals surface area contributed by atoms with E-state index in [0.717, 1.165) is 11.1 Å². The van der Waals surface area contributed by atoms with Crippen LogP contribution in [0.25, 0.3) is 0 Å². The van der Waals surface area contributed by atoms with Gasteiger partial charge in [0.05, 0.1) is 14.4 Å². The molecule has 0 aromatic heterocycles. The normalized spacial score (nSPS) is 17.6. The van der Waals surface area contributed by atoms with Crippen LogP contribution in [-0.4, -0.2) is 21.3 Å². The fourth-order valence-electron chi connectivity index (χ4n) is 2.96. The van der Waals surface area contributed by atoms with E-state index >= 15 is 0 Å². The average molecular weight is 508 g/mol. The monoisotopic (exact) mass is 508 g/mol. The van der Waals surface area contributed by atoms with Crippen LogP contribution in [0.4, 0.5) is 0 Å². The van der Waals surface area contributed by atoms with Gasteiger partial charge in [-0.1, -0.05) is 67.0 Å². The van der Waals surface area contributed by atoms with E-state index in [1.807, 2.05) is 32.1 Å². The maximum atomic E-state index is 10.4. The Bertz CT molecular complexity index is 809. The number of hydrogen-bond donors (Lipinski definition) is 3. The molecular weight excluding hydrogens is 476 g/mol. The molecule has 0 saturated heterocycles. The van der Waals surface area contributed by atoms with Crippen LogP contribution < -0.4 is 68.9 Å². The van der Waals surface area contributed by atoms with E-state index in [1.165, 1.54) is 30.4 Å². The molecule has 0 aromatic carbocycles. The van der Waals surface area contributed by atoms with E-state index in [9.17, 15) is 14.4 Å². The molecule has 8 nitrogen and oxygen atoms in total. The summed E-state index contributed by atoms with van der Waals surface area (Å²) >= 11 is 0. The molecule has 0 bridgehead atoms. The molecule has 3 N–H and O–H groups in total. The molecule has 172 valence electrons. The predicted molar refractivity (Wildman–Crippen MR) is 114 cm³/mol. The summed E-state index contributed by atoms with van der Waals surface area (Å²) in [5, 5.41) is 0. The van der Waals surface area contributed by atoms with Gasteiger partial charge in [-0.3, -0.25) is 0 Å². The van der Waals surface area contributed by atoms with Crippen molar-refractivity contribution >= 4 is 15.6 Å². The number of rotatable bonds is 7. The molecule has 1 aliphatic carbocycles. The van der Waals surface area contributed by atoms with Crippen LogP contribution in [0.3, 0.4) is 0 Å². The molecule has 0 spiro atoms. The van der Waals surface area contributed by atoms with E-state index < -0.39 is 15.6 Å². The summed E-state index contributed by atoms with van der Waals surface area (Å²) in [4.78, 5) is 42.3. The third kappa shape index (κ3) is 21.5. The zero-order chi connectivity index (χ0) is 23.6. The zero-order valence-corrected chi connectivity index (χ0v) is 25.9. The minimum atomic E-state index is -4.90. The SMILES string of the molecule is CC1=C(/C=C/C(C)=C/C=C/C(C)=C/COP(=O)([O-])[O-])C(C)(C)CCC1.O=P(O)(O)O.[Na+].[Na+]. The van der Waals surface area contributed by atoms with Crippen molar-refractivity contribution < 1.29 is 97.2 Å². The van der Waals surface area contributed by atoms with Gasteiger partial charge in [0.25, 0.3) is 0 Å². The number of allylic oxidation sites excluding steroid dienone is 9. The predicted octanol–water partition coefficient (Wildman–Crippen LogP) is -2.56. The molecule has 0 saturated carbocycles. The third-order valence-electron chi connectivity index (χ3n) is 4.41. The van der Waals surface area contributed by atoms with Gasteiger partial charge in [-0.2, -0.15) is 0 Å². The van der Waals surface area contributed by atoms with Gasteiger partial charge in [-0.05, 0) is 51.0 Å². The molecular formula is C20H32Na2O8P2. The van der Waals surface area contributed by atoms with Crippen molar-refractivity contribution in [3.05, 3.63) is 58.7 Å². The van der Waals surface area contributed by atoms with Crippen molar-refractivity contribution in [3.8, 4) is 0 Å². The van der Waals surface area contributed by atoms with Gasteiger partial charge in [0.15, 0.2) is 0 Å². The second-order valence-corrected chi connectivity index (χ2v) is 9.92. The van der Waals surface area contributed by atoms with Crippen LogP contribution in [0.1, 0.15) is 53.9 Å². The van der Waals surface area contributed by atoms with E-state index in [1.54, 1.807) is 6.08 Å². The summed E-state index contributed by atoms with van der Waals surface area (Å²) in [5.41, 5.74) is 5.10. The fraction of sp³-hybridized carbons (Fsp3) is 0.500. The van der Waals surface area contributed by atoms with Crippen LogP contribution in [0.2, 0.25) is 0 Å². The van der Waals surface area contributed by atoms with E-state index in [4.69, 9.17) is 19.2 Å². The minimum Gasteiger partial charge on any atom is -0.790 e. The van der Waals surface area contributed by atoms with Crippen LogP contribution in [0.15, 0.2) is 58.7 Å². The van der Waals surface area contributed by atoms with Crippen molar-refractivity contribution in [1.82, 2.24) is 0 Å². The molecule has 0 heterocycles. The molecule has 12 heteroatoms. The van der Waals surface area contributed by atoms with E-state index in [0.29, 0.717) is 0 Å². The Labute approximate surface area is 235 Å². The van der Waals surface area contributed by atoms with E-state index in [-0.39, 0.29) is 71.1 Å². The number of hydrogen-bond acceptors (Lipinski definition) is 5. The smallest absolute Gasteiger partial charge is 0.790 e. The first-order valence-corrected chi connectivity index (χ1v) is 12.4. The third-order valence-corrected chi connectivity index (χ3v) is 4.88. The van der Waals surface area contributed by atoms with Gasteiger partial charge in [0.1, 0.15) is 0 Å². The fourth-order valence-corrected chi connectivity index (χ4v) is 3.22. The van der Waals surface area contributed by atoms with Crippen molar-refractivity contribution in [2.24, 2.45) is 5.41 Å². The van der Waals surface area contributed by atoms with Gasteiger partial charge < -0.3 is 33.6 Å². The molecule has 0 amide bonds. The van der Waals surface area contributed by atoms with Gasteiger partial charge in [0.2, 0.25) is 0 Å². The topological polar surface area (TPSA) is 150 Å². The summed E-state index contributed by atoms with van der Waals surface area (Å²) < 4.78 is 23.4. The first-order chi connectivity index (χ1) is 13.5. The zero-order valence-electron chi connectivity index (χ0n) is 20.1. The van der Waals surface area contributed by atoms with Gasteiger partial charge >= 0.3 is 66.9 Å². The quantitative estimate of drug-likeness (QED) is 0.193. The molecule has 0 radical (unpaired) electrons. The number of phosphoric ester groups is 1. The maximum Gasteiger partial charge on any atom is 1.00 e. The Hall–Kier alpha value is 0.920. The van der Waals surface area contributed by atoms with Gasteiger partial charge in [-0.25, -0.2) is 4.57 Å². The summed E-state index contributed by atoms with van der Waals surface area (Å²) in [6.45, 7) is 10.4. The minimum absolute atomic E-state index is 0. The first kappa shape index (κ1) is 37.5. The van der Waals surface area contributed by atoms with Crippen molar-refractivity contribution in [3.63, 3.8) is 0 Å². The Morgan fingerprint density at radius 2 is 1.62 bits per heavy atom. The molecule has 0 unspecified atom stereocenters. The Morgan fingerprint density at radius 1 is 1.09 bits per heavy atom. The Morgan fingerprint density at radius 3 is 2.09 bits per heavy atom. The second kappa shape index (κ2) is 17.4. The van der Waals surface area contributed by atoms with E-state index in [2.05, 4.69) is 37.4 Å². The first-order valence-electron chi connectivity index (χ1n) is 9.36. The van der Waals surface area contributed by atoms with Gasteiger partial charge in [0, 0.05) is 0 Å². The average Bonchev–Trinajstić information content (AvgIpc) is 2.51. The summed E-state index contributed by atoms with van der Waals surface area (Å²) in [6, 6.07) is 0. The second-order valence-electron chi connectivity index (χ2n) is 7.74. The molecule has 1 rings (SSSR count). The number of phosphoric acid groups is 2. The van der Waals surface area contributed by atoms with Crippen LogP contribution in [-0.2, 0) is 13.7 Å². The maximum absolute atomic E-state index is 10.4. The summed E-state index contributed by atoms with van der Waals surface area (Å²) in [6.07, 6.45) is 15.3. The summed E-state index contributed by atoms with van der Waals surface area (Å²) in [7, 11) is -9.53. The van der Waals surface area contributed by atoms with Crippen LogP contribution >= 0.6 is 15.6 Å². The molecule has 0 aliphatic heterocycles. The molecule has 0 atom stereocenters. The van der Waals surface area contributed by atoms with Crippen LogP contribution in [0, 0.1) is 5.41 Å². The van der Waals surface area contributed by atoms with Crippen LogP contribution in [0.5, 0.6) is 0 Å². The van der Waals surface area contributed by atoms with Gasteiger partial charge in [-0.15, -0.1) is 0 Å². The Balaban J connectivity index is -0.00000108. The molecule has 0 aromatic rings. The molecule has 1 aliphatic rings. The standard InChI is InChI=1S/C20H31O4P.2Na.H3O4P/c1-16(8-6-9-17(2)13-15-24-25(21,22)23)11-12-19-18(3)10-7-14-20(19,4)5;;;1-5(2,3)4/h6,8-9,11-13H,7,10,14-15H2,1-5H3,(H2,21,22,23);;;(H3,1,2,3,4)/q;2*+1;/p-2/b9-6+,12-11+,16-8+,17-13+;;;. The largest absolute Gasteiger partial charge is 1.00 e.